The molecule has 3 aromatic rings. The van der Waals surface area contributed by atoms with Crippen molar-refractivity contribution in [1.82, 2.24) is 0 Å². The maximum atomic E-state index is 14.0. The van der Waals surface area contributed by atoms with Gasteiger partial charge >= 0.3 is 0 Å². The summed E-state index contributed by atoms with van der Waals surface area (Å²) >= 11 is 0. The molecule has 2 heteroatoms. The number of rotatable bonds is 0. The molecule has 0 fully saturated rings. The van der Waals surface area contributed by atoms with Crippen LogP contribution in [0.3, 0.4) is 0 Å². The lowest BCUT2D eigenvalue weighted by Crippen LogP contribution is -1.85. The van der Waals surface area contributed by atoms with Gasteiger partial charge < -0.3 is 0 Å². The van der Waals surface area contributed by atoms with Crippen molar-refractivity contribution < 1.29 is 8.78 Å². The van der Waals surface area contributed by atoms with Crippen molar-refractivity contribution in [1.29, 1.82) is 0 Å². The number of hydrogen-bond acceptors (Lipinski definition) is 0. The molecule has 0 spiro atoms. The second-order valence-electron chi connectivity index (χ2n) is 3.62. The summed E-state index contributed by atoms with van der Waals surface area (Å²) in [7, 11) is 0. The molecular weight excluding hydrogens is 206 g/mol. The standard InChI is InChI=1S/C14H6F2/c15-11-5-6-13-10(8-11)7-9-3-1-2-4-12(9)14(13)16/h2-4,6-8H. The highest BCUT2D eigenvalue weighted by Gasteiger charge is 2.07. The fraction of sp³-hybridized carbons (Fsp3) is 0. The molecule has 0 saturated heterocycles. The summed E-state index contributed by atoms with van der Waals surface area (Å²) in [5.74, 6) is -0.816. The Morgan fingerprint density at radius 2 is 1.81 bits per heavy atom. The van der Waals surface area contributed by atoms with E-state index in [1.54, 1.807) is 24.3 Å². The third-order valence-corrected chi connectivity index (χ3v) is 2.63. The van der Waals surface area contributed by atoms with Gasteiger partial charge in [-0.25, -0.2) is 8.78 Å². The van der Waals surface area contributed by atoms with E-state index in [4.69, 9.17) is 0 Å². The summed E-state index contributed by atoms with van der Waals surface area (Å²) in [6.07, 6.45) is 0. The van der Waals surface area contributed by atoms with Crippen LogP contribution in [-0.4, -0.2) is 0 Å². The smallest absolute Gasteiger partial charge is 0.138 e. The van der Waals surface area contributed by atoms with Gasteiger partial charge in [0, 0.05) is 16.8 Å². The second kappa shape index (κ2) is 3.27. The Morgan fingerprint density at radius 1 is 0.938 bits per heavy atom. The summed E-state index contributed by atoms with van der Waals surface area (Å²) < 4.78 is 27.0. The lowest BCUT2D eigenvalue weighted by atomic mass is 10.0. The highest BCUT2D eigenvalue weighted by molar-refractivity contribution is 5.98. The predicted octanol–water partition coefficient (Wildman–Crippen LogP) is 3.87. The Labute approximate surface area is 91.1 Å². The fourth-order valence-corrected chi connectivity index (χ4v) is 1.87. The van der Waals surface area contributed by atoms with Gasteiger partial charge in [0.15, 0.2) is 0 Å². The molecule has 0 nitrogen and oxygen atoms in total. The molecule has 0 heterocycles. The van der Waals surface area contributed by atoms with E-state index in [9.17, 15) is 8.78 Å². The maximum absolute atomic E-state index is 14.0. The van der Waals surface area contributed by atoms with Crippen LogP contribution in [0.1, 0.15) is 0 Å². The lowest BCUT2D eigenvalue weighted by Gasteiger charge is -2.04. The number of hydrogen-bond donors (Lipinski definition) is 0. The van der Waals surface area contributed by atoms with Crippen LogP contribution in [0.4, 0.5) is 8.78 Å². The molecule has 0 aliphatic rings. The first-order valence-corrected chi connectivity index (χ1v) is 4.85. The van der Waals surface area contributed by atoms with Crippen LogP contribution in [0.5, 0.6) is 0 Å². The van der Waals surface area contributed by atoms with Gasteiger partial charge in [-0.05, 0) is 41.1 Å². The molecule has 0 saturated carbocycles. The molecule has 0 aromatic heterocycles. The fourth-order valence-electron chi connectivity index (χ4n) is 1.87. The minimum atomic E-state index is -0.480. The summed E-state index contributed by atoms with van der Waals surface area (Å²) in [5, 5.41) is 2.17. The molecule has 0 aliphatic heterocycles. The van der Waals surface area contributed by atoms with E-state index in [1.807, 2.05) is 0 Å². The largest absolute Gasteiger partial charge is 0.206 e. The van der Waals surface area contributed by atoms with Crippen molar-refractivity contribution in [3.63, 3.8) is 0 Å². The number of benzene rings is 3. The molecule has 0 N–H and O–H groups in total. The van der Waals surface area contributed by atoms with E-state index in [2.05, 4.69) is 12.1 Å². The first-order chi connectivity index (χ1) is 7.75. The van der Waals surface area contributed by atoms with E-state index in [-0.39, 0.29) is 5.82 Å². The van der Waals surface area contributed by atoms with Gasteiger partial charge in [0.2, 0.25) is 0 Å². The van der Waals surface area contributed by atoms with Crippen LogP contribution in [0.15, 0.2) is 36.4 Å². The Morgan fingerprint density at radius 3 is 2.69 bits per heavy atom. The quantitative estimate of drug-likeness (QED) is 0.496. The molecule has 16 heavy (non-hydrogen) atoms. The summed E-state index contributed by atoms with van der Waals surface area (Å²) in [4.78, 5) is 0. The van der Waals surface area contributed by atoms with Crippen molar-refractivity contribution in [3.05, 3.63) is 60.2 Å². The number of halogens is 2. The average Bonchev–Trinajstić information content (AvgIpc) is 2.29. The molecule has 2 radical (unpaired) electrons. The van der Waals surface area contributed by atoms with E-state index >= 15 is 0 Å². The minimum Gasteiger partial charge on any atom is -0.206 e. The van der Waals surface area contributed by atoms with Gasteiger partial charge in [-0.3, -0.25) is 0 Å². The third-order valence-electron chi connectivity index (χ3n) is 2.63. The molecular formula is C14H6F2. The highest BCUT2D eigenvalue weighted by Crippen LogP contribution is 2.27. The molecule has 3 rings (SSSR count). The first-order valence-electron chi connectivity index (χ1n) is 4.85. The summed E-state index contributed by atoms with van der Waals surface area (Å²) in [6, 6.07) is 14.6. The van der Waals surface area contributed by atoms with Crippen LogP contribution >= 0.6 is 0 Å². The molecule has 3 aromatic carbocycles. The van der Waals surface area contributed by atoms with Gasteiger partial charge in [-0.15, -0.1) is 0 Å². The van der Waals surface area contributed by atoms with Crippen LogP contribution in [0, 0.1) is 23.8 Å². The van der Waals surface area contributed by atoms with Gasteiger partial charge in [-0.2, -0.15) is 0 Å². The van der Waals surface area contributed by atoms with Crippen LogP contribution in [0.2, 0.25) is 0 Å². The highest BCUT2D eigenvalue weighted by atomic mass is 19.1. The lowest BCUT2D eigenvalue weighted by molar-refractivity contribution is 0.626. The van der Waals surface area contributed by atoms with Crippen molar-refractivity contribution >= 4 is 21.5 Å². The Balaban J connectivity index is 2.55. The van der Waals surface area contributed by atoms with E-state index in [0.717, 1.165) is 5.39 Å². The van der Waals surface area contributed by atoms with Gasteiger partial charge in [0.25, 0.3) is 0 Å². The van der Waals surface area contributed by atoms with Gasteiger partial charge in [0.05, 0.1) is 0 Å². The summed E-state index contributed by atoms with van der Waals surface area (Å²) in [5.41, 5.74) is 0. The predicted molar refractivity (Wildman–Crippen MR) is 59.0 cm³/mol. The van der Waals surface area contributed by atoms with Crippen LogP contribution in [0.25, 0.3) is 21.5 Å². The van der Waals surface area contributed by atoms with Crippen molar-refractivity contribution in [2.24, 2.45) is 0 Å². The molecule has 0 unspecified atom stereocenters. The van der Waals surface area contributed by atoms with Crippen molar-refractivity contribution in [2.75, 3.05) is 0 Å². The zero-order chi connectivity index (χ0) is 11.1. The van der Waals surface area contributed by atoms with Crippen LogP contribution < -0.4 is 0 Å². The first kappa shape index (κ1) is 9.28. The van der Waals surface area contributed by atoms with Crippen LogP contribution in [-0.2, 0) is 0 Å². The Kier molecular flexibility index (Phi) is 1.90. The normalized spacial score (nSPS) is 11.1. The topological polar surface area (TPSA) is 0 Å². The van der Waals surface area contributed by atoms with E-state index in [0.29, 0.717) is 16.2 Å². The molecule has 0 amide bonds. The zero-order valence-corrected chi connectivity index (χ0v) is 8.22. The monoisotopic (exact) mass is 212 g/mol. The van der Waals surface area contributed by atoms with Gasteiger partial charge in [-0.1, -0.05) is 12.1 Å². The minimum absolute atomic E-state index is 0.335. The summed E-state index contributed by atoms with van der Waals surface area (Å²) in [6.45, 7) is 0. The Hall–Kier alpha value is -1.96. The van der Waals surface area contributed by atoms with E-state index < -0.39 is 5.82 Å². The Bertz CT molecular complexity index is 687. The molecule has 0 bridgehead atoms. The second-order valence-corrected chi connectivity index (χ2v) is 3.62. The zero-order valence-electron chi connectivity index (χ0n) is 8.22. The van der Waals surface area contributed by atoms with Crippen molar-refractivity contribution in [3.8, 4) is 0 Å². The number of fused-ring (bicyclic) bond motifs is 2. The molecule has 0 atom stereocenters. The van der Waals surface area contributed by atoms with Gasteiger partial charge in [0.1, 0.15) is 11.6 Å². The molecule has 0 aliphatic carbocycles. The third kappa shape index (κ3) is 1.27. The molecule has 76 valence electrons. The SMILES string of the molecule is Fc1[c]cc2c(F)c3cc[c]cc3cc2c1. The van der Waals surface area contributed by atoms with E-state index in [1.165, 1.54) is 12.1 Å². The average molecular weight is 212 g/mol. The maximum Gasteiger partial charge on any atom is 0.138 e. The van der Waals surface area contributed by atoms with Crippen molar-refractivity contribution in [2.45, 2.75) is 0 Å².